The van der Waals surface area contributed by atoms with Crippen molar-refractivity contribution in [2.75, 3.05) is 39.8 Å². The van der Waals surface area contributed by atoms with E-state index in [0.29, 0.717) is 6.54 Å². The third-order valence-electron chi connectivity index (χ3n) is 3.66. The van der Waals surface area contributed by atoms with Gasteiger partial charge in [-0.05, 0) is 34.1 Å². The van der Waals surface area contributed by atoms with E-state index < -0.39 is 0 Å². The molecule has 0 fully saturated rings. The first-order valence-electron chi connectivity index (χ1n) is 8.69. The summed E-state index contributed by atoms with van der Waals surface area (Å²) in [7, 11) is 1.91. The molecule has 0 aliphatic heterocycles. The summed E-state index contributed by atoms with van der Waals surface area (Å²) in [4.78, 5) is 25.1. The lowest BCUT2D eigenvalue weighted by Gasteiger charge is -2.25. The Bertz CT molecular complexity index is 531. The molecule has 0 aromatic carbocycles. The van der Waals surface area contributed by atoms with Crippen LogP contribution in [0.3, 0.4) is 0 Å². The van der Waals surface area contributed by atoms with Gasteiger partial charge in [0.1, 0.15) is 0 Å². The molecular weight excluding hydrogens is 449 g/mol. The summed E-state index contributed by atoms with van der Waals surface area (Å²) >= 11 is 1.71. The third-order valence-corrected chi connectivity index (χ3v) is 4.69. The number of likely N-dealkylation sites (N-methyl/N-ethyl adjacent to an activating group) is 2. The minimum atomic E-state index is 0. The van der Waals surface area contributed by atoms with Crippen LogP contribution in [0.1, 0.15) is 37.9 Å². The average Bonchev–Trinajstić information content (AvgIpc) is 2.96. The first-order chi connectivity index (χ1) is 11.5. The molecule has 0 saturated heterocycles. The number of nitrogens with zero attached hydrogens (tertiary/aromatic N) is 4. The highest BCUT2D eigenvalue weighted by Gasteiger charge is 2.14. The van der Waals surface area contributed by atoms with Crippen molar-refractivity contribution in [2.45, 2.75) is 40.5 Å². The number of carbonyl (C=O) groups excluding carboxylic acids is 1. The van der Waals surface area contributed by atoms with Gasteiger partial charge in [-0.3, -0.25) is 9.79 Å². The minimum absolute atomic E-state index is 0. The van der Waals surface area contributed by atoms with E-state index in [4.69, 9.17) is 0 Å². The summed E-state index contributed by atoms with van der Waals surface area (Å²) in [5.41, 5.74) is 1.08. The van der Waals surface area contributed by atoms with Crippen LogP contribution in [0.25, 0.3) is 0 Å². The van der Waals surface area contributed by atoms with Gasteiger partial charge in [0.05, 0.1) is 11.6 Å². The molecule has 0 aliphatic rings. The van der Waals surface area contributed by atoms with E-state index in [1.54, 1.807) is 11.3 Å². The number of aliphatic imine (C=N–C) groups is 1. The van der Waals surface area contributed by atoms with E-state index >= 15 is 0 Å². The van der Waals surface area contributed by atoms with Crippen LogP contribution in [0.2, 0.25) is 0 Å². The highest BCUT2D eigenvalue weighted by molar-refractivity contribution is 14.0. The second-order valence-corrected chi connectivity index (χ2v) is 6.59. The zero-order valence-electron chi connectivity index (χ0n) is 16.0. The Morgan fingerprint density at radius 1 is 1.32 bits per heavy atom. The molecule has 1 aromatic heterocycles. The SMILES string of the molecule is CCNC(=NCCCc1nc(C)cs1)N(C)CC(=O)N(CC)CC.I. The number of aryl methyl sites for hydroxylation is 2. The third kappa shape index (κ3) is 8.84. The molecule has 144 valence electrons. The van der Waals surface area contributed by atoms with Crippen molar-refractivity contribution in [2.24, 2.45) is 4.99 Å². The molecule has 0 radical (unpaired) electrons. The number of nitrogens with one attached hydrogen (secondary N) is 1. The fourth-order valence-corrected chi connectivity index (χ4v) is 3.17. The van der Waals surface area contributed by atoms with E-state index in [9.17, 15) is 4.79 Å². The summed E-state index contributed by atoms with van der Waals surface area (Å²) < 4.78 is 0. The number of guanidine groups is 1. The summed E-state index contributed by atoms with van der Waals surface area (Å²) in [5.74, 6) is 0.916. The van der Waals surface area contributed by atoms with Crippen LogP contribution in [0.4, 0.5) is 0 Å². The quantitative estimate of drug-likeness (QED) is 0.255. The second-order valence-electron chi connectivity index (χ2n) is 5.64. The number of carbonyl (C=O) groups is 1. The molecule has 1 rings (SSSR count). The molecule has 25 heavy (non-hydrogen) atoms. The molecule has 0 aliphatic carbocycles. The maximum Gasteiger partial charge on any atom is 0.242 e. The average molecular weight is 481 g/mol. The van der Waals surface area contributed by atoms with E-state index in [1.807, 2.05) is 44.5 Å². The van der Waals surface area contributed by atoms with Crippen molar-refractivity contribution >= 4 is 47.2 Å². The second kappa shape index (κ2) is 13.3. The van der Waals surface area contributed by atoms with Crippen molar-refractivity contribution in [1.82, 2.24) is 20.1 Å². The van der Waals surface area contributed by atoms with Crippen LogP contribution in [0.5, 0.6) is 0 Å². The number of thiazole rings is 1. The molecule has 1 amide bonds. The first-order valence-corrected chi connectivity index (χ1v) is 9.57. The normalized spacial score (nSPS) is 11.0. The van der Waals surface area contributed by atoms with E-state index in [-0.39, 0.29) is 29.9 Å². The van der Waals surface area contributed by atoms with E-state index in [0.717, 1.165) is 55.7 Å². The smallest absolute Gasteiger partial charge is 0.242 e. The molecule has 1 heterocycles. The lowest BCUT2D eigenvalue weighted by Crippen LogP contribution is -2.45. The van der Waals surface area contributed by atoms with Gasteiger partial charge in [0.25, 0.3) is 0 Å². The van der Waals surface area contributed by atoms with Gasteiger partial charge in [-0.2, -0.15) is 0 Å². The van der Waals surface area contributed by atoms with Crippen LogP contribution < -0.4 is 5.32 Å². The molecule has 1 N–H and O–H groups in total. The lowest BCUT2D eigenvalue weighted by atomic mass is 10.3. The van der Waals surface area contributed by atoms with E-state index in [1.165, 1.54) is 0 Å². The Labute approximate surface area is 173 Å². The Morgan fingerprint density at radius 2 is 2.00 bits per heavy atom. The maximum absolute atomic E-state index is 12.2. The fraction of sp³-hybridized carbons (Fsp3) is 0.706. The van der Waals surface area contributed by atoms with Crippen LogP contribution in [-0.2, 0) is 11.2 Å². The van der Waals surface area contributed by atoms with Crippen molar-refractivity contribution in [1.29, 1.82) is 0 Å². The predicted molar refractivity (Wildman–Crippen MR) is 117 cm³/mol. The van der Waals surface area contributed by atoms with Gasteiger partial charge in [0.15, 0.2) is 5.96 Å². The molecule has 0 spiro atoms. The highest BCUT2D eigenvalue weighted by Crippen LogP contribution is 2.10. The van der Waals surface area contributed by atoms with E-state index in [2.05, 4.69) is 20.7 Å². The van der Waals surface area contributed by atoms with Gasteiger partial charge in [-0.15, -0.1) is 35.3 Å². The van der Waals surface area contributed by atoms with Crippen molar-refractivity contribution in [3.8, 4) is 0 Å². The molecule has 0 saturated carbocycles. The molecule has 0 bridgehead atoms. The summed E-state index contributed by atoms with van der Waals surface area (Å²) in [6, 6.07) is 0. The zero-order chi connectivity index (χ0) is 17.9. The minimum Gasteiger partial charge on any atom is -0.357 e. The highest BCUT2D eigenvalue weighted by atomic mass is 127. The monoisotopic (exact) mass is 481 g/mol. The van der Waals surface area contributed by atoms with Crippen LogP contribution >= 0.6 is 35.3 Å². The summed E-state index contributed by atoms with van der Waals surface area (Å²) in [5, 5.41) is 6.50. The molecule has 0 atom stereocenters. The number of rotatable bonds is 9. The van der Waals surface area contributed by atoms with Gasteiger partial charge >= 0.3 is 0 Å². The maximum atomic E-state index is 12.2. The van der Waals surface area contributed by atoms with Crippen LogP contribution in [0.15, 0.2) is 10.4 Å². The fourth-order valence-electron chi connectivity index (χ4n) is 2.36. The summed E-state index contributed by atoms with van der Waals surface area (Å²) in [6.45, 7) is 11.4. The molecular formula is C17H32IN5OS. The number of aromatic nitrogens is 1. The van der Waals surface area contributed by atoms with Crippen LogP contribution in [-0.4, -0.2) is 66.4 Å². The Kier molecular flexibility index (Phi) is 12.8. The van der Waals surface area contributed by atoms with Gasteiger partial charge in [-0.1, -0.05) is 0 Å². The number of halogens is 1. The van der Waals surface area contributed by atoms with Gasteiger partial charge < -0.3 is 15.1 Å². The molecule has 8 heteroatoms. The molecule has 1 aromatic rings. The van der Waals surface area contributed by atoms with Crippen molar-refractivity contribution in [3.63, 3.8) is 0 Å². The number of amides is 1. The largest absolute Gasteiger partial charge is 0.357 e. The number of hydrogen-bond acceptors (Lipinski definition) is 4. The van der Waals surface area contributed by atoms with Gasteiger partial charge in [-0.25, -0.2) is 4.98 Å². The van der Waals surface area contributed by atoms with Crippen molar-refractivity contribution in [3.05, 3.63) is 16.1 Å². The standard InChI is InChI=1S/C17H31N5OS.HI/c1-6-18-17(21(5)12-16(23)22(7-2)8-3)19-11-9-10-15-20-14(4)13-24-15;/h13H,6-12H2,1-5H3,(H,18,19);1H. The predicted octanol–water partition coefficient (Wildman–Crippen LogP) is 2.77. The Morgan fingerprint density at radius 3 is 2.52 bits per heavy atom. The molecule has 0 unspecified atom stereocenters. The zero-order valence-corrected chi connectivity index (χ0v) is 19.2. The lowest BCUT2D eigenvalue weighted by molar-refractivity contribution is -0.131. The van der Waals surface area contributed by atoms with Gasteiger partial charge in [0, 0.05) is 50.7 Å². The molecule has 6 nitrogen and oxygen atoms in total. The Hall–Kier alpha value is -0.900. The first kappa shape index (κ1) is 24.1. The topological polar surface area (TPSA) is 60.8 Å². The van der Waals surface area contributed by atoms with Crippen molar-refractivity contribution < 1.29 is 4.79 Å². The summed E-state index contributed by atoms with van der Waals surface area (Å²) in [6.07, 6.45) is 1.91. The van der Waals surface area contributed by atoms with Crippen LogP contribution in [0, 0.1) is 6.92 Å². The van der Waals surface area contributed by atoms with Gasteiger partial charge in [0.2, 0.25) is 5.91 Å². The Balaban J connectivity index is 0.00000576. The number of hydrogen-bond donors (Lipinski definition) is 1.